The Morgan fingerprint density at radius 1 is 0.811 bits per heavy atom. The normalized spacial score (nSPS) is 14.7. The zero-order chi connectivity index (χ0) is 27.6. The molecule has 0 spiro atoms. The third kappa shape index (κ3) is 13.3. The molecule has 0 saturated heterocycles. The van der Waals surface area contributed by atoms with E-state index in [9.17, 15) is 0 Å². The van der Waals surface area contributed by atoms with E-state index >= 15 is 0 Å². The summed E-state index contributed by atoms with van der Waals surface area (Å²) in [5, 5.41) is 10.2. The quantitative estimate of drug-likeness (QED) is 0.414. The fourth-order valence-electron chi connectivity index (χ4n) is 2.76. The van der Waals surface area contributed by atoms with Gasteiger partial charge in [0.25, 0.3) is 0 Å². The standard InChI is InChI=1S/C8H13N.2C7H12N2.C6H11N3.CH4/c1-8(2,3)7-4-5-9-6-7;1-7(2,3)6-4-8-5-9-6;1-7(2,3)9-5-4-8-6-9;1-6(2,3)5-4-7-9-8-5;/h4-5H,6H2,1-3H3;5H,4H2,1-3H3;4-6H,1-3H3;4H,1-3H3,(H,7,8,9);1H4. The van der Waals surface area contributed by atoms with Gasteiger partial charge in [0.1, 0.15) is 6.34 Å². The molecular weight excluding hydrogens is 460 g/mol. The van der Waals surface area contributed by atoms with Crippen LogP contribution in [0.3, 0.4) is 0 Å². The van der Waals surface area contributed by atoms with E-state index < -0.39 is 0 Å². The van der Waals surface area contributed by atoms with E-state index in [1.165, 1.54) is 11.3 Å². The van der Waals surface area contributed by atoms with Crippen LogP contribution in [0.5, 0.6) is 0 Å². The number of hydrogen-bond acceptors (Lipinski definition) is 6. The zero-order valence-corrected chi connectivity index (χ0v) is 24.6. The molecule has 2 aromatic heterocycles. The van der Waals surface area contributed by atoms with Crippen molar-refractivity contribution in [3.8, 4) is 0 Å². The summed E-state index contributed by atoms with van der Waals surface area (Å²) in [6.45, 7) is 27.6. The van der Waals surface area contributed by atoms with Crippen molar-refractivity contribution in [2.75, 3.05) is 13.1 Å². The van der Waals surface area contributed by atoms with Gasteiger partial charge in [-0.1, -0.05) is 69.7 Å². The molecule has 8 nitrogen and oxygen atoms in total. The molecule has 0 fully saturated rings. The van der Waals surface area contributed by atoms with Gasteiger partial charge in [0.15, 0.2) is 0 Å². The molecule has 37 heavy (non-hydrogen) atoms. The maximum absolute atomic E-state index is 4.13. The van der Waals surface area contributed by atoms with E-state index in [1.807, 2.05) is 18.7 Å². The SMILES string of the molecule is C.CC(C)(C)C1=CC=NC1.CC(C)(C)C1=NC=NC1.CC(C)(C)c1cn[nH]n1.CC(C)(C)n1ccnc1. The number of nitrogens with zero attached hydrogens (tertiary/aromatic N) is 7. The maximum Gasteiger partial charge on any atom is 0.110 e. The molecule has 0 aromatic carbocycles. The second kappa shape index (κ2) is 14.1. The highest BCUT2D eigenvalue weighted by Crippen LogP contribution is 2.26. The van der Waals surface area contributed by atoms with Gasteiger partial charge in [-0.3, -0.25) is 9.98 Å². The highest BCUT2D eigenvalue weighted by molar-refractivity contribution is 5.99. The Morgan fingerprint density at radius 2 is 1.46 bits per heavy atom. The van der Waals surface area contributed by atoms with Gasteiger partial charge in [-0.2, -0.15) is 15.4 Å². The summed E-state index contributed by atoms with van der Waals surface area (Å²) in [4.78, 5) is 16.2. The number of nitrogens with one attached hydrogen (secondary N) is 1. The molecule has 0 aliphatic carbocycles. The molecular formula is C29H52N8. The number of aromatic amines is 1. The Morgan fingerprint density at radius 3 is 1.68 bits per heavy atom. The molecule has 2 aromatic rings. The second-order valence-electron chi connectivity index (χ2n) is 13.0. The third-order valence-corrected chi connectivity index (χ3v) is 5.47. The van der Waals surface area contributed by atoms with Crippen molar-refractivity contribution in [2.45, 2.75) is 101 Å². The van der Waals surface area contributed by atoms with Gasteiger partial charge in [-0.15, -0.1) is 0 Å². The molecule has 8 heteroatoms. The summed E-state index contributed by atoms with van der Waals surface area (Å²) in [5.74, 6) is 0. The average Bonchev–Trinajstić information content (AvgIpc) is 3.57. The first-order valence-corrected chi connectivity index (χ1v) is 12.5. The summed E-state index contributed by atoms with van der Waals surface area (Å²) in [6, 6.07) is 0. The fraction of sp³-hybridized carbons (Fsp3) is 0.655. The zero-order valence-electron chi connectivity index (χ0n) is 24.6. The number of H-pyrrole nitrogens is 1. The van der Waals surface area contributed by atoms with Crippen molar-refractivity contribution in [3.05, 3.63) is 42.3 Å². The molecule has 4 heterocycles. The van der Waals surface area contributed by atoms with Crippen LogP contribution in [0.4, 0.5) is 0 Å². The molecule has 2 aliphatic heterocycles. The lowest BCUT2D eigenvalue weighted by atomic mass is 9.87. The molecule has 0 atom stereocenters. The van der Waals surface area contributed by atoms with Crippen LogP contribution in [-0.4, -0.2) is 56.3 Å². The van der Waals surface area contributed by atoms with Crippen LogP contribution in [0.25, 0.3) is 0 Å². The van der Waals surface area contributed by atoms with Crippen LogP contribution in [-0.2, 0) is 11.0 Å². The van der Waals surface area contributed by atoms with Gasteiger partial charge in [0, 0.05) is 40.7 Å². The number of aromatic nitrogens is 5. The van der Waals surface area contributed by atoms with Gasteiger partial charge >= 0.3 is 0 Å². The first-order chi connectivity index (χ1) is 16.4. The van der Waals surface area contributed by atoms with E-state index in [-0.39, 0.29) is 23.8 Å². The van der Waals surface area contributed by atoms with Crippen molar-refractivity contribution in [2.24, 2.45) is 25.8 Å². The minimum atomic E-state index is 0. The average molecular weight is 513 g/mol. The third-order valence-electron chi connectivity index (χ3n) is 5.47. The van der Waals surface area contributed by atoms with Crippen LogP contribution in [0, 0.1) is 10.8 Å². The number of imidazole rings is 1. The van der Waals surface area contributed by atoms with Crippen molar-refractivity contribution >= 4 is 18.3 Å². The van der Waals surface area contributed by atoms with Gasteiger partial charge < -0.3 is 4.57 Å². The highest BCUT2D eigenvalue weighted by atomic mass is 15.3. The van der Waals surface area contributed by atoms with E-state index in [2.05, 4.69) is 129 Å². The molecule has 0 unspecified atom stereocenters. The first-order valence-electron chi connectivity index (χ1n) is 12.5. The molecule has 0 amide bonds. The van der Waals surface area contributed by atoms with Crippen LogP contribution in [0.1, 0.15) is 96.2 Å². The summed E-state index contributed by atoms with van der Waals surface area (Å²) in [5.41, 5.74) is 4.43. The predicted molar refractivity (Wildman–Crippen MR) is 160 cm³/mol. The van der Waals surface area contributed by atoms with Crippen molar-refractivity contribution in [3.63, 3.8) is 0 Å². The van der Waals surface area contributed by atoms with E-state index in [4.69, 9.17) is 0 Å². The Hall–Kier alpha value is -2.90. The van der Waals surface area contributed by atoms with Crippen molar-refractivity contribution < 1.29 is 0 Å². The Bertz CT molecular complexity index is 912. The molecule has 208 valence electrons. The largest absolute Gasteiger partial charge is 0.332 e. The Balaban J connectivity index is 0.000000463. The highest BCUT2D eigenvalue weighted by Gasteiger charge is 2.19. The summed E-state index contributed by atoms with van der Waals surface area (Å²) >= 11 is 0. The molecule has 4 rings (SSSR count). The second-order valence-corrected chi connectivity index (χ2v) is 13.0. The molecule has 1 N–H and O–H groups in total. The molecule has 0 saturated carbocycles. The van der Waals surface area contributed by atoms with Gasteiger partial charge in [-0.25, -0.2) is 9.98 Å². The number of rotatable bonds is 0. The molecule has 2 aliphatic rings. The fourth-order valence-corrected chi connectivity index (χ4v) is 2.76. The van der Waals surface area contributed by atoms with E-state index in [1.54, 1.807) is 18.7 Å². The van der Waals surface area contributed by atoms with Crippen LogP contribution < -0.4 is 0 Å². The van der Waals surface area contributed by atoms with Crippen LogP contribution >= 0.6 is 0 Å². The summed E-state index contributed by atoms with van der Waals surface area (Å²) < 4.78 is 2.08. The molecule has 0 radical (unpaired) electrons. The smallest absolute Gasteiger partial charge is 0.110 e. The summed E-state index contributed by atoms with van der Waals surface area (Å²) in [7, 11) is 0. The number of aliphatic imine (C=N–C) groups is 3. The summed E-state index contributed by atoms with van der Waals surface area (Å²) in [6.07, 6.45) is 13.0. The van der Waals surface area contributed by atoms with E-state index in [0.717, 1.165) is 18.8 Å². The number of hydrogen-bond donors (Lipinski definition) is 1. The minimum absolute atomic E-state index is 0. The molecule has 0 bridgehead atoms. The van der Waals surface area contributed by atoms with Crippen molar-refractivity contribution in [1.29, 1.82) is 0 Å². The lowest BCUT2D eigenvalue weighted by Gasteiger charge is -2.19. The topological polar surface area (TPSA) is 96.5 Å². The van der Waals surface area contributed by atoms with Gasteiger partial charge in [0.05, 0.1) is 31.3 Å². The minimum Gasteiger partial charge on any atom is -0.332 e. The Labute approximate surface area is 225 Å². The van der Waals surface area contributed by atoms with Crippen LogP contribution in [0.15, 0.2) is 51.5 Å². The predicted octanol–water partition coefficient (Wildman–Crippen LogP) is 6.94. The maximum atomic E-state index is 4.13. The monoisotopic (exact) mass is 512 g/mol. The van der Waals surface area contributed by atoms with Gasteiger partial charge in [0.2, 0.25) is 0 Å². The lowest BCUT2D eigenvalue weighted by molar-refractivity contribution is 0.396. The number of allylic oxidation sites excluding steroid dienone is 1. The Kier molecular flexibility index (Phi) is 13.0. The van der Waals surface area contributed by atoms with Crippen LogP contribution in [0.2, 0.25) is 0 Å². The first kappa shape index (κ1) is 34.1. The lowest BCUT2D eigenvalue weighted by Crippen LogP contribution is -2.20. The van der Waals surface area contributed by atoms with Gasteiger partial charge in [-0.05, 0) is 37.8 Å². The van der Waals surface area contributed by atoms with E-state index in [0.29, 0.717) is 5.41 Å². The van der Waals surface area contributed by atoms with Crippen molar-refractivity contribution in [1.82, 2.24) is 25.0 Å².